The second-order valence-electron chi connectivity index (χ2n) is 7.32. The lowest BCUT2D eigenvalue weighted by Crippen LogP contribution is -2.34. The summed E-state index contributed by atoms with van der Waals surface area (Å²) in [6.07, 6.45) is 0.841. The van der Waals surface area contributed by atoms with Gasteiger partial charge in [-0.15, -0.1) is 0 Å². The van der Waals surface area contributed by atoms with Gasteiger partial charge < -0.3 is 10.6 Å². The van der Waals surface area contributed by atoms with Gasteiger partial charge in [-0.1, -0.05) is 39.0 Å². The van der Waals surface area contributed by atoms with Gasteiger partial charge in [0.25, 0.3) is 11.8 Å². The normalized spacial score (nSPS) is 11.8. The zero-order valence-corrected chi connectivity index (χ0v) is 17.0. The van der Waals surface area contributed by atoms with Gasteiger partial charge in [0.1, 0.15) is 0 Å². The quantitative estimate of drug-likeness (QED) is 0.481. The van der Waals surface area contributed by atoms with Crippen LogP contribution < -0.4 is 21.5 Å². The highest BCUT2D eigenvalue weighted by molar-refractivity contribution is 6.01. The number of hydrogen-bond acceptors (Lipinski definition) is 4. The summed E-state index contributed by atoms with van der Waals surface area (Å²) >= 11 is 0. The number of hydrazine groups is 1. The molecule has 0 radical (unpaired) electrons. The standard InChI is InChI=1S/C22H30N4O2/c1-5-16(4)25-22(28)19-11-6-7-12-20(19)26(23)18-10-8-9-17(13-18)21(27)24-14-15(2)3/h6-13,15-16H,5,14,23H2,1-4H3,(H,24,27)(H,25,28). The van der Waals surface area contributed by atoms with Crippen LogP contribution in [-0.4, -0.2) is 24.4 Å². The van der Waals surface area contributed by atoms with Gasteiger partial charge in [-0.05, 0) is 49.6 Å². The van der Waals surface area contributed by atoms with Gasteiger partial charge in [0.15, 0.2) is 0 Å². The summed E-state index contributed by atoms with van der Waals surface area (Å²) in [5.41, 5.74) is 2.21. The van der Waals surface area contributed by atoms with Gasteiger partial charge in [-0.3, -0.25) is 14.6 Å². The Morgan fingerprint density at radius 3 is 2.43 bits per heavy atom. The van der Waals surface area contributed by atoms with Crippen molar-refractivity contribution in [2.24, 2.45) is 11.8 Å². The molecule has 0 heterocycles. The van der Waals surface area contributed by atoms with Crippen LogP contribution in [0.5, 0.6) is 0 Å². The highest BCUT2D eigenvalue weighted by atomic mass is 16.2. The molecule has 4 N–H and O–H groups in total. The van der Waals surface area contributed by atoms with E-state index in [4.69, 9.17) is 5.84 Å². The lowest BCUT2D eigenvalue weighted by atomic mass is 10.1. The third-order valence-electron chi connectivity index (χ3n) is 4.46. The Bertz CT molecular complexity index is 820. The van der Waals surface area contributed by atoms with Gasteiger partial charge in [0, 0.05) is 18.2 Å². The summed E-state index contributed by atoms with van der Waals surface area (Å²) in [6.45, 7) is 8.66. The van der Waals surface area contributed by atoms with Crippen molar-refractivity contribution in [2.75, 3.05) is 11.6 Å². The summed E-state index contributed by atoms with van der Waals surface area (Å²) < 4.78 is 0. The SMILES string of the molecule is CCC(C)NC(=O)c1ccccc1N(N)c1cccc(C(=O)NCC(C)C)c1. The molecule has 0 aromatic heterocycles. The van der Waals surface area contributed by atoms with E-state index in [9.17, 15) is 9.59 Å². The fourth-order valence-corrected chi connectivity index (χ4v) is 2.61. The molecule has 0 saturated carbocycles. The maximum absolute atomic E-state index is 12.6. The van der Waals surface area contributed by atoms with Crippen LogP contribution in [0.1, 0.15) is 54.8 Å². The number of anilines is 2. The number of hydrogen-bond donors (Lipinski definition) is 3. The molecule has 2 aromatic rings. The van der Waals surface area contributed by atoms with Crippen molar-refractivity contribution in [1.82, 2.24) is 10.6 Å². The second kappa shape index (κ2) is 9.90. The Kier molecular flexibility index (Phi) is 7.58. The maximum atomic E-state index is 12.6. The lowest BCUT2D eigenvalue weighted by molar-refractivity contribution is 0.0934. The molecular formula is C22H30N4O2. The molecule has 1 atom stereocenters. The van der Waals surface area contributed by atoms with Crippen LogP contribution in [0.4, 0.5) is 11.4 Å². The van der Waals surface area contributed by atoms with E-state index in [1.165, 1.54) is 5.01 Å². The van der Waals surface area contributed by atoms with Crippen molar-refractivity contribution in [2.45, 2.75) is 40.2 Å². The zero-order valence-electron chi connectivity index (χ0n) is 17.0. The number of carbonyl (C=O) groups excluding carboxylic acids is 2. The fourth-order valence-electron chi connectivity index (χ4n) is 2.61. The third kappa shape index (κ3) is 5.57. The molecule has 0 bridgehead atoms. The van der Waals surface area contributed by atoms with Crippen molar-refractivity contribution in [3.63, 3.8) is 0 Å². The maximum Gasteiger partial charge on any atom is 0.253 e. The van der Waals surface area contributed by atoms with Crippen LogP contribution in [0, 0.1) is 5.92 Å². The van der Waals surface area contributed by atoms with Gasteiger partial charge in [-0.2, -0.15) is 0 Å². The molecule has 6 heteroatoms. The van der Waals surface area contributed by atoms with E-state index >= 15 is 0 Å². The van der Waals surface area contributed by atoms with Gasteiger partial charge in [-0.25, -0.2) is 5.84 Å². The summed E-state index contributed by atoms with van der Waals surface area (Å²) in [5, 5.41) is 7.30. The van der Waals surface area contributed by atoms with Crippen LogP contribution >= 0.6 is 0 Å². The summed E-state index contributed by atoms with van der Waals surface area (Å²) in [7, 11) is 0. The monoisotopic (exact) mass is 382 g/mol. The van der Waals surface area contributed by atoms with Crippen molar-refractivity contribution in [3.8, 4) is 0 Å². The summed E-state index contributed by atoms with van der Waals surface area (Å²) in [4.78, 5) is 25.0. The van der Waals surface area contributed by atoms with Gasteiger partial charge in [0.2, 0.25) is 0 Å². The first-order chi connectivity index (χ1) is 13.3. The molecular weight excluding hydrogens is 352 g/mol. The van der Waals surface area contributed by atoms with E-state index < -0.39 is 0 Å². The fraction of sp³-hybridized carbons (Fsp3) is 0.364. The minimum absolute atomic E-state index is 0.0692. The number of amides is 2. The molecule has 2 aromatic carbocycles. The summed E-state index contributed by atoms with van der Waals surface area (Å²) in [5.74, 6) is 6.38. The van der Waals surface area contributed by atoms with E-state index in [2.05, 4.69) is 10.6 Å². The Morgan fingerprint density at radius 2 is 1.75 bits per heavy atom. The van der Waals surface area contributed by atoms with Crippen molar-refractivity contribution < 1.29 is 9.59 Å². The number of rotatable bonds is 8. The first kappa shape index (κ1) is 21.4. The van der Waals surface area contributed by atoms with E-state index in [1.807, 2.05) is 39.8 Å². The molecule has 2 rings (SSSR count). The van der Waals surface area contributed by atoms with Crippen molar-refractivity contribution in [1.29, 1.82) is 0 Å². The molecule has 0 aliphatic rings. The first-order valence-corrected chi connectivity index (χ1v) is 9.66. The molecule has 0 fully saturated rings. The van der Waals surface area contributed by atoms with Crippen LogP contribution in [0.2, 0.25) is 0 Å². The molecule has 2 amide bonds. The molecule has 1 unspecified atom stereocenters. The largest absolute Gasteiger partial charge is 0.352 e. The Balaban J connectivity index is 2.27. The first-order valence-electron chi connectivity index (χ1n) is 9.66. The van der Waals surface area contributed by atoms with E-state index in [1.54, 1.807) is 36.4 Å². The van der Waals surface area contributed by atoms with E-state index in [0.29, 0.717) is 35.0 Å². The molecule has 0 aliphatic carbocycles. The van der Waals surface area contributed by atoms with Crippen LogP contribution in [-0.2, 0) is 0 Å². The average molecular weight is 383 g/mol. The topological polar surface area (TPSA) is 87.5 Å². The van der Waals surface area contributed by atoms with E-state index in [-0.39, 0.29) is 17.9 Å². The highest BCUT2D eigenvalue weighted by Gasteiger charge is 2.17. The average Bonchev–Trinajstić information content (AvgIpc) is 2.71. The van der Waals surface area contributed by atoms with E-state index in [0.717, 1.165) is 6.42 Å². The Labute approximate surface area is 167 Å². The predicted octanol–water partition coefficient (Wildman–Crippen LogP) is 3.61. The molecule has 28 heavy (non-hydrogen) atoms. The number of nitrogens with two attached hydrogens (primary N) is 1. The molecule has 0 saturated heterocycles. The smallest absolute Gasteiger partial charge is 0.253 e. The summed E-state index contributed by atoms with van der Waals surface area (Å²) in [6, 6.07) is 14.3. The number of para-hydroxylation sites is 1. The number of benzene rings is 2. The Hall–Kier alpha value is -2.86. The number of nitrogens with zero attached hydrogens (tertiary/aromatic N) is 1. The number of nitrogens with one attached hydrogen (secondary N) is 2. The molecule has 0 spiro atoms. The Morgan fingerprint density at radius 1 is 1.04 bits per heavy atom. The van der Waals surface area contributed by atoms with Crippen LogP contribution in [0.3, 0.4) is 0 Å². The minimum Gasteiger partial charge on any atom is -0.352 e. The molecule has 6 nitrogen and oxygen atoms in total. The van der Waals surface area contributed by atoms with Crippen molar-refractivity contribution in [3.05, 3.63) is 59.7 Å². The molecule has 0 aliphatic heterocycles. The van der Waals surface area contributed by atoms with Crippen LogP contribution in [0.15, 0.2) is 48.5 Å². The van der Waals surface area contributed by atoms with Gasteiger partial charge >= 0.3 is 0 Å². The van der Waals surface area contributed by atoms with Crippen LogP contribution in [0.25, 0.3) is 0 Å². The molecule has 150 valence electrons. The number of carbonyl (C=O) groups is 2. The predicted molar refractivity (Wildman–Crippen MR) is 114 cm³/mol. The zero-order chi connectivity index (χ0) is 20.7. The second-order valence-corrected chi connectivity index (χ2v) is 7.32. The minimum atomic E-state index is -0.175. The van der Waals surface area contributed by atoms with Gasteiger partial charge in [0.05, 0.1) is 16.9 Å². The lowest BCUT2D eigenvalue weighted by Gasteiger charge is -2.23. The highest BCUT2D eigenvalue weighted by Crippen LogP contribution is 2.26. The third-order valence-corrected chi connectivity index (χ3v) is 4.46. The van der Waals surface area contributed by atoms with Crippen molar-refractivity contribution >= 4 is 23.2 Å².